The fourth-order valence-electron chi connectivity index (χ4n) is 3.37. The van der Waals surface area contributed by atoms with Crippen LogP contribution in [0.15, 0.2) is 97.3 Å². The third-order valence-electron chi connectivity index (χ3n) is 5.00. The molecule has 5 rings (SSSR count). The number of hydrogen-bond donors (Lipinski definition) is 3. The van der Waals surface area contributed by atoms with E-state index < -0.39 is 0 Å². The van der Waals surface area contributed by atoms with Crippen molar-refractivity contribution in [2.75, 3.05) is 10.7 Å². The molecule has 168 valence electrons. The highest BCUT2D eigenvalue weighted by Gasteiger charge is 2.11. The number of ether oxygens (including phenoxy) is 1. The Hall–Kier alpha value is -4.01. The summed E-state index contributed by atoms with van der Waals surface area (Å²) in [7, 11) is 0. The van der Waals surface area contributed by atoms with E-state index in [1.165, 1.54) is 6.33 Å². The number of anilines is 2. The smallest absolute Gasteiger partial charge is 0.189 e. The van der Waals surface area contributed by atoms with E-state index in [9.17, 15) is 0 Å². The standard InChI is InChI=1S/C26H21N5OS2/c33-26(29-20-11-5-2-6-12-20)31-30-25-24-22(27-17-28-25)15-23(34-24)19-10-7-13-21(14-19)32-16-18-8-3-1-4-9-18/h1-15,17H,16H2,(H,27,28,30)(H2,29,31,33). The second-order valence-corrected chi connectivity index (χ2v) is 8.88. The molecule has 0 aliphatic carbocycles. The maximum atomic E-state index is 6.00. The Balaban J connectivity index is 1.30. The first kappa shape index (κ1) is 21.8. The predicted octanol–water partition coefficient (Wildman–Crippen LogP) is 6.25. The van der Waals surface area contributed by atoms with Gasteiger partial charge >= 0.3 is 0 Å². The maximum absolute atomic E-state index is 6.00. The van der Waals surface area contributed by atoms with Crippen LogP contribution in [0.2, 0.25) is 0 Å². The summed E-state index contributed by atoms with van der Waals surface area (Å²) in [4.78, 5) is 9.90. The lowest BCUT2D eigenvalue weighted by molar-refractivity contribution is 0.306. The zero-order chi connectivity index (χ0) is 23.2. The molecule has 0 spiro atoms. The first-order chi connectivity index (χ1) is 16.7. The minimum Gasteiger partial charge on any atom is -0.489 e. The quantitative estimate of drug-likeness (QED) is 0.187. The lowest BCUT2D eigenvalue weighted by Gasteiger charge is -2.12. The number of thiocarbonyl (C=S) groups is 1. The number of nitrogens with zero attached hydrogens (tertiary/aromatic N) is 2. The van der Waals surface area contributed by atoms with Gasteiger partial charge in [0.05, 0.1) is 10.2 Å². The average molecular weight is 484 g/mol. The molecule has 0 radical (unpaired) electrons. The molecule has 8 heteroatoms. The summed E-state index contributed by atoms with van der Waals surface area (Å²) < 4.78 is 6.93. The molecule has 0 saturated heterocycles. The van der Waals surface area contributed by atoms with E-state index in [4.69, 9.17) is 17.0 Å². The average Bonchev–Trinajstić information content (AvgIpc) is 3.33. The molecule has 0 aliphatic rings. The van der Waals surface area contributed by atoms with Crippen LogP contribution < -0.4 is 20.9 Å². The van der Waals surface area contributed by atoms with Gasteiger partial charge in [0.1, 0.15) is 18.7 Å². The number of aromatic nitrogens is 2. The maximum Gasteiger partial charge on any atom is 0.189 e. The number of hydrazine groups is 1. The molecule has 0 aliphatic heterocycles. The van der Waals surface area contributed by atoms with Crippen molar-refractivity contribution in [2.45, 2.75) is 6.61 Å². The molecule has 2 aromatic heterocycles. The number of fused-ring (bicyclic) bond motifs is 1. The largest absolute Gasteiger partial charge is 0.489 e. The summed E-state index contributed by atoms with van der Waals surface area (Å²) in [6, 6.07) is 30.0. The monoisotopic (exact) mass is 483 g/mol. The van der Waals surface area contributed by atoms with Gasteiger partial charge in [0.2, 0.25) is 0 Å². The number of hydrogen-bond acceptors (Lipinski definition) is 6. The minimum absolute atomic E-state index is 0.443. The number of rotatable bonds is 7. The van der Waals surface area contributed by atoms with E-state index in [1.54, 1.807) is 11.3 Å². The lowest BCUT2D eigenvalue weighted by atomic mass is 10.2. The predicted molar refractivity (Wildman–Crippen MR) is 143 cm³/mol. The summed E-state index contributed by atoms with van der Waals surface area (Å²) in [5.74, 6) is 1.48. The molecule has 5 aromatic rings. The topological polar surface area (TPSA) is 71.1 Å². The van der Waals surface area contributed by atoms with Gasteiger partial charge < -0.3 is 10.1 Å². The van der Waals surface area contributed by atoms with Crippen molar-refractivity contribution in [1.82, 2.24) is 15.4 Å². The Bertz CT molecular complexity index is 1410. The highest BCUT2D eigenvalue weighted by molar-refractivity contribution is 7.80. The summed E-state index contributed by atoms with van der Waals surface area (Å²) in [5.41, 5.74) is 10.1. The third-order valence-corrected chi connectivity index (χ3v) is 6.39. The molecular formula is C26H21N5OS2. The third kappa shape index (κ3) is 5.31. The molecule has 34 heavy (non-hydrogen) atoms. The van der Waals surface area contributed by atoms with Crippen LogP contribution in [0.3, 0.4) is 0 Å². The Morgan fingerprint density at radius 1 is 0.882 bits per heavy atom. The van der Waals surface area contributed by atoms with Crippen LogP contribution in [0, 0.1) is 0 Å². The Morgan fingerprint density at radius 2 is 1.68 bits per heavy atom. The van der Waals surface area contributed by atoms with Crippen molar-refractivity contribution in [1.29, 1.82) is 0 Å². The highest BCUT2D eigenvalue weighted by Crippen LogP contribution is 2.36. The Labute approximate surface area is 206 Å². The Kier molecular flexibility index (Phi) is 6.60. The van der Waals surface area contributed by atoms with E-state index in [1.807, 2.05) is 66.7 Å². The molecule has 0 saturated carbocycles. The van der Waals surface area contributed by atoms with E-state index in [-0.39, 0.29) is 0 Å². The van der Waals surface area contributed by atoms with Crippen molar-refractivity contribution in [3.8, 4) is 16.2 Å². The van der Waals surface area contributed by atoms with E-state index in [0.717, 1.165) is 37.7 Å². The molecule has 3 aromatic carbocycles. The summed E-state index contributed by atoms with van der Waals surface area (Å²) in [6.07, 6.45) is 1.54. The zero-order valence-electron chi connectivity index (χ0n) is 18.1. The number of para-hydroxylation sites is 1. The van der Waals surface area contributed by atoms with Crippen molar-refractivity contribution < 1.29 is 4.74 Å². The van der Waals surface area contributed by atoms with Gasteiger partial charge in [0.25, 0.3) is 0 Å². The lowest BCUT2D eigenvalue weighted by Crippen LogP contribution is -2.33. The first-order valence-electron chi connectivity index (χ1n) is 10.6. The van der Waals surface area contributed by atoms with Crippen LogP contribution in [-0.2, 0) is 6.61 Å². The van der Waals surface area contributed by atoms with Crippen LogP contribution in [0.4, 0.5) is 11.5 Å². The molecule has 2 heterocycles. The van der Waals surface area contributed by atoms with Crippen molar-refractivity contribution in [2.24, 2.45) is 0 Å². The van der Waals surface area contributed by atoms with E-state index in [2.05, 4.69) is 50.4 Å². The number of thiophene rings is 1. The van der Waals surface area contributed by atoms with Crippen LogP contribution in [0.5, 0.6) is 5.75 Å². The number of nitrogens with one attached hydrogen (secondary N) is 3. The summed E-state index contributed by atoms with van der Waals surface area (Å²) in [6.45, 7) is 0.527. The van der Waals surface area contributed by atoms with Crippen molar-refractivity contribution >= 4 is 50.4 Å². The van der Waals surface area contributed by atoms with Gasteiger partial charge in [-0.05, 0) is 53.7 Å². The van der Waals surface area contributed by atoms with Crippen LogP contribution in [0.25, 0.3) is 20.7 Å². The van der Waals surface area contributed by atoms with Crippen LogP contribution in [-0.4, -0.2) is 15.1 Å². The fourth-order valence-corrected chi connectivity index (χ4v) is 4.59. The van der Waals surface area contributed by atoms with E-state index in [0.29, 0.717) is 17.5 Å². The first-order valence-corrected chi connectivity index (χ1v) is 11.9. The van der Waals surface area contributed by atoms with E-state index >= 15 is 0 Å². The van der Waals surface area contributed by atoms with Gasteiger partial charge in [-0.2, -0.15) is 0 Å². The molecule has 0 fully saturated rings. The van der Waals surface area contributed by atoms with Gasteiger partial charge in [-0.3, -0.25) is 10.9 Å². The molecule has 6 nitrogen and oxygen atoms in total. The number of benzene rings is 3. The normalized spacial score (nSPS) is 10.6. The fraction of sp³-hybridized carbons (Fsp3) is 0.0385. The van der Waals surface area contributed by atoms with Gasteiger partial charge in [-0.25, -0.2) is 9.97 Å². The molecule has 0 amide bonds. The molecule has 0 unspecified atom stereocenters. The molecular weight excluding hydrogens is 462 g/mol. The van der Waals surface area contributed by atoms with Crippen molar-refractivity contribution in [3.63, 3.8) is 0 Å². The van der Waals surface area contributed by atoms with Gasteiger partial charge in [-0.1, -0.05) is 60.7 Å². The summed E-state index contributed by atoms with van der Waals surface area (Å²) in [5, 5.41) is 3.57. The van der Waals surface area contributed by atoms with Crippen LogP contribution in [0.1, 0.15) is 5.56 Å². The summed E-state index contributed by atoms with van der Waals surface area (Å²) >= 11 is 6.98. The van der Waals surface area contributed by atoms with Crippen LogP contribution >= 0.6 is 23.6 Å². The minimum atomic E-state index is 0.443. The van der Waals surface area contributed by atoms with Gasteiger partial charge in [0.15, 0.2) is 10.9 Å². The molecule has 0 atom stereocenters. The SMILES string of the molecule is S=C(NNc1ncnc2cc(-c3cccc(OCc4ccccc4)c3)sc12)Nc1ccccc1. The second kappa shape index (κ2) is 10.3. The molecule has 3 N–H and O–H groups in total. The van der Waals surface area contributed by atoms with Gasteiger partial charge in [-0.15, -0.1) is 11.3 Å². The Morgan fingerprint density at radius 3 is 2.50 bits per heavy atom. The second-order valence-electron chi connectivity index (χ2n) is 7.42. The van der Waals surface area contributed by atoms with Gasteiger partial charge in [0, 0.05) is 10.6 Å². The zero-order valence-corrected chi connectivity index (χ0v) is 19.7. The molecule has 0 bridgehead atoms. The van der Waals surface area contributed by atoms with Crippen molar-refractivity contribution in [3.05, 3.63) is 103 Å². The highest BCUT2D eigenvalue weighted by atomic mass is 32.1.